The molecule has 98 valence electrons. The maximum atomic E-state index is 6.14. The third kappa shape index (κ3) is 2.40. The molecule has 0 aromatic heterocycles. The second-order valence-electron chi connectivity index (χ2n) is 5.24. The van der Waals surface area contributed by atoms with Crippen LogP contribution in [0.15, 0.2) is 22.7 Å². The number of anilines is 1. The Bertz CT molecular complexity index is 438. The Hall–Kier alpha value is -0.250. The van der Waals surface area contributed by atoms with Gasteiger partial charge in [0.05, 0.1) is 15.2 Å². The topological polar surface area (TPSA) is 15.3 Å². The second kappa shape index (κ2) is 5.40. The fraction of sp³-hybridized carbons (Fsp3) is 0.571. The highest BCUT2D eigenvalue weighted by Gasteiger charge is 2.35. The van der Waals surface area contributed by atoms with Crippen molar-refractivity contribution in [2.24, 2.45) is 0 Å². The van der Waals surface area contributed by atoms with Crippen LogP contribution < -0.4 is 5.32 Å². The van der Waals surface area contributed by atoms with Gasteiger partial charge < -0.3 is 5.32 Å². The smallest absolute Gasteiger partial charge is 0.0593 e. The van der Waals surface area contributed by atoms with Crippen molar-refractivity contribution in [2.45, 2.75) is 37.8 Å². The zero-order chi connectivity index (χ0) is 12.5. The predicted molar refractivity (Wildman–Crippen MR) is 80.4 cm³/mol. The molecule has 1 aromatic rings. The molecule has 3 rings (SSSR count). The molecule has 0 aliphatic carbocycles. The van der Waals surface area contributed by atoms with E-state index in [1.54, 1.807) is 0 Å². The normalized spacial score (nSPS) is 28.1. The maximum absolute atomic E-state index is 6.14. The Morgan fingerprint density at radius 3 is 3.00 bits per heavy atom. The van der Waals surface area contributed by atoms with Crippen molar-refractivity contribution in [1.82, 2.24) is 4.90 Å². The lowest BCUT2D eigenvalue weighted by Crippen LogP contribution is -2.41. The van der Waals surface area contributed by atoms with Crippen LogP contribution in [0.1, 0.15) is 25.7 Å². The zero-order valence-corrected chi connectivity index (χ0v) is 12.7. The quantitative estimate of drug-likeness (QED) is 0.877. The molecular weight excluding hydrogens is 312 g/mol. The number of hydrogen-bond acceptors (Lipinski definition) is 2. The zero-order valence-electron chi connectivity index (χ0n) is 10.3. The van der Waals surface area contributed by atoms with E-state index in [9.17, 15) is 0 Å². The summed E-state index contributed by atoms with van der Waals surface area (Å²) in [4.78, 5) is 2.64. The molecule has 1 N–H and O–H groups in total. The summed E-state index contributed by atoms with van der Waals surface area (Å²) in [6, 6.07) is 7.30. The van der Waals surface area contributed by atoms with E-state index < -0.39 is 0 Å². The monoisotopic (exact) mass is 328 g/mol. The van der Waals surface area contributed by atoms with Crippen LogP contribution in [0, 0.1) is 0 Å². The molecule has 2 heterocycles. The molecule has 2 saturated heterocycles. The molecule has 2 aliphatic rings. The summed E-state index contributed by atoms with van der Waals surface area (Å²) < 4.78 is 0.987. The van der Waals surface area contributed by atoms with Crippen LogP contribution in [0.25, 0.3) is 0 Å². The summed E-state index contributed by atoms with van der Waals surface area (Å²) in [5.74, 6) is 0. The number of piperidine rings is 1. The average molecular weight is 330 g/mol. The molecule has 0 bridgehead atoms. The van der Waals surface area contributed by atoms with Gasteiger partial charge >= 0.3 is 0 Å². The molecular formula is C14H18BrClN2. The number of halogens is 2. The highest BCUT2D eigenvalue weighted by atomic mass is 79.9. The van der Waals surface area contributed by atoms with Gasteiger partial charge in [0.1, 0.15) is 0 Å². The molecule has 2 atom stereocenters. The number of nitrogens with one attached hydrogen (secondary N) is 1. The van der Waals surface area contributed by atoms with Crippen molar-refractivity contribution in [2.75, 3.05) is 18.4 Å². The SMILES string of the molecule is Clc1cccc(NC2CCN3CCCCC23)c1Br. The minimum atomic E-state index is 0.570. The molecule has 0 saturated carbocycles. The first-order chi connectivity index (χ1) is 8.75. The standard InChI is InChI=1S/C14H18BrClN2/c15-14-10(16)4-3-5-12(14)17-11-7-9-18-8-2-1-6-13(11)18/h3-5,11,13,17H,1-2,6-9H2. The van der Waals surface area contributed by atoms with Crippen molar-refractivity contribution in [1.29, 1.82) is 0 Å². The van der Waals surface area contributed by atoms with E-state index in [0.717, 1.165) is 15.2 Å². The van der Waals surface area contributed by atoms with E-state index >= 15 is 0 Å². The van der Waals surface area contributed by atoms with Crippen LogP contribution in [-0.4, -0.2) is 30.1 Å². The minimum absolute atomic E-state index is 0.570. The van der Waals surface area contributed by atoms with E-state index in [2.05, 4.69) is 32.2 Å². The van der Waals surface area contributed by atoms with Crippen LogP contribution in [-0.2, 0) is 0 Å². The largest absolute Gasteiger partial charge is 0.380 e. The molecule has 2 unspecified atom stereocenters. The number of nitrogens with zero attached hydrogens (tertiary/aromatic N) is 1. The molecule has 1 aromatic carbocycles. The Kier molecular flexibility index (Phi) is 3.83. The fourth-order valence-electron chi connectivity index (χ4n) is 3.23. The second-order valence-corrected chi connectivity index (χ2v) is 6.44. The average Bonchev–Trinajstić information content (AvgIpc) is 2.79. The van der Waals surface area contributed by atoms with Crippen LogP contribution in [0.5, 0.6) is 0 Å². The highest BCUT2D eigenvalue weighted by molar-refractivity contribution is 9.10. The van der Waals surface area contributed by atoms with Gasteiger partial charge in [-0.3, -0.25) is 4.90 Å². The summed E-state index contributed by atoms with van der Waals surface area (Å²) in [7, 11) is 0. The molecule has 0 amide bonds. The maximum Gasteiger partial charge on any atom is 0.0593 e. The number of fused-ring (bicyclic) bond motifs is 1. The Balaban J connectivity index is 1.74. The van der Waals surface area contributed by atoms with Crippen molar-refractivity contribution < 1.29 is 0 Å². The molecule has 2 nitrogen and oxygen atoms in total. The number of hydrogen-bond donors (Lipinski definition) is 1. The van der Waals surface area contributed by atoms with Gasteiger partial charge in [-0.05, 0) is 53.9 Å². The summed E-state index contributed by atoms with van der Waals surface area (Å²) in [5.41, 5.74) is 1.12. The van der Waals surface area contributed by atoms with Gasteiger partial charge in [0, 0.05) is 18.6 Å². The van der Waals surface area contributed by atoms with Gasteiger partial charge in [0.15, 0.2) is 0 Å². The Morgan fingerprint density at radius 2 is 2.11 bits per heavy atom. The summed E-state index contributed by atoms with van der Waals surface area (Å²) in [5, 5.41) is 4.45. The Labute approximate surface area is 122 Å². The fourth-order valence-corrected chi connectivity index (χ4v) is 3.78. The molecule has 18 heavy (non-hydrogen) atoms. The highest BCUT2D eigenvalue weighted by Crippen LogP contribution is 2.34. The first-order valence-electron chi connectivity index (χ1n) is 6.70. The van der Waals surface area contributed by atoms with Gasteiger partial charge in [-0.2, -0.15) is 0 Å². The third-order valence-corrected chi connectivity index (χ3v) is 5.55. The molecule has 4 heteroatoms. The lowest BCUT2D eigenvalue weighted by Gasteiger charge is -2.33. The first-order valence-corrected chi connectivity index (χ1v) is 7.87. The van der Waals surface area contributed by atoms with Gasteiger partial charge in [-0.1, -0.05) is 24.1 Å². The summed E-state index contributed by atoms with van der Waals surface area (Å²) in [6.07, 6.45) is 5.31. The number of rotatable bonds is 2. The lowest BCUT2D eigenvalue weighted by molar-refractivity contribution is 0.193. The van der Waals surface area contributed by atoms with Crippen molar-refractivity contribution in [3.8, 4) is 0 Å². The van der Waals surface area contributed by atoms with E-state index in [4.69, 9.17) is 11.6 Å². The first kappa shape index (κ1) is 12.8. The number of benzene rings is 1. The van der Waals surface area contributed by atoms with Crippen molar-refractivity contribution >= 4 is 33.2 Å². The third-order valence-electron chi connectivity index (χ3n) is 4.15. The van der Waals surface area contributed by atoms with Crippen LogP contribution in [0.3, 0.4) is 0 Å². The van der Waals surface area contributed by atoms with Crippen LogP contribution >= 0.6 is 27.5 Å². The molecule has 0 radical (unpaired) electrons. The molecule has 2 fully saturated rings. The summed E-state index contributed by atoms with van der Waals surface area (Å²) >= 11 is 9.71. The summed E-state index contributed by atoms with van der Waals surface area (Å²) in [6.45, 7) is 2.51. The van der Waals surface area contributed by atoms with Crippen molar-refractivity contribution in [3.63, 3.8) is 0 Å². The van der Waals surface area contributed by atoms with Gasteiger partial charge in [-0.25, -0.2) is 0 Å². The van der Waals surface area contributed by atoms with Gasteiger partial charge in [0.2, 0.25) is 0 Å². The van der Waals surface area contributed by atoms with E-state index in [1.165, 1.54) is 38.8 Å². The predicted octanol–water partition coefficient (Wildman–Crippen LogP) is 4.14. The van der Waals surface area contributed by atoms with Crippen LogP contribution in [0.2, 0.25) is 5.02 Å². The Morgan fingerprint density at radius 1 is 1.22 bits per heavy atom. The van der Waals surface area contributed by atoms with E-state index in [1.807, 2.05) is 12.1 Å². The van der Waals surface area contributed by atoms with E-state index in [0.29, 0.717) is 12.1 Å². The van der Waals surface area contributed by atoms with E-state index in [-0.39, 0.29) is 0 Å². The van der Waals surface area contributed by atoms with Crippen molar-refractivity contribution in [3.05, 3.63) is 27.7 Å². The van der Waals surface area contributed by atoms with Crippen LogP contribution in [0.4, 0.5) is 5.69 Å². The minimum Gasteiger partial charge on any atom is -0.380 e. The lowest BCUT2D eigenvalue weighted by atomic mass is 9.99. The molecule has 2 aliphatic heterocycles. The van der Waals surface area contributed by atoms with Gasteiger partial charge in [-0.15, -0.1) is 0 Å². The van der Waals surface area contributed by atoms with Gasteiger partial charge in [0.25, 0.3) is 0 Å². The molecule has 0 spiro atoms.